The highest BCUT2D eigenvalue weighted by Crippen LogP contribution is 2.30. The molecular weight excluding hydrogens is 363 g/mol. The van der Waals surface area contributed by atoms with Crippen molar-refractivity contribution in [2.24, 2.45) is 0 Å². The summed E-state index contributed by atoms with van der Waals surface area (Å²) in [6.45, 7) is 6.97. The molecule has 2 aromatic rings. The first-order valence-corrected chi connectivity index (χ1v) is 11.3. The Hall–Kier alpha value is -1.45. The van der Waals surface area contributed by atoms with Crippen LogP contribution in [0.5, 0.6) is 0 Å². The maximum atomic E-state index is 12.8. The van der Waals surface area contributed by atoms with E-state index in [1.807, 2.05) is 0 Å². The molecule has 0 saturated carbocycles. The summed E-state index contributed by atoms with van der Waals surface area (Å²) in [5.41, 5.74) is -1.94. The predicted molar refractivity (Wildman–Crippen MR) is 87.9 cm³/mol. The van der Waals surface area contributed by atoms with Gasteiger partial charge in [-0.1, -0.05) is 31.2 Å². The molecule has 0 aromatic carbocycles. The number of rotatable bonds is 5. The first kappa shape index (κ1) is 18.9. The molecule has 0 unspecified atom stereocenters. The zero-order valence-corrected chi connectivity index (χ0v) is 15.2. The lowest BCUT2D eigenvalue weighted by atomic mass is 10.2. The summed E-state index contributed by atoms with van der Waals surface area (Å²) in [6, 6.07) is 1.58. The molecular formula is C14H17ClF3N3O2Si. The van der Waals surface area contributed by atoms with Crippen molar-refractivity contribution in [3.63, 3.8) is 0 Å². The van der Waals surface area contributed by atoms with E-state index >= 15 is 0 Å². The fourth-order valence-electron chi connectivity index (χ4n) is 1.91. The van der Waals surface area contributed by atoms with E-state index in [2.05, 4.69) is 29.6 Å². The van der Waals surface area contributed by atoms with Crippen molar-refractivity contribution in [2.45, 2.75) is 38.6 Å². The van der Waals surface area contributed by atoms with Crippen LogP contribution in [0.1, 0.15) is 5.69 Å². The molecule has 0 aliphatic rings. The topological polar surface area (TPSA) is 57.0 Å². The molecule has 0 atom stereocenters. The normalized spacial score (nSPS) is 12.8. The average Bonchev–Trinajstić information content (AvgIpc) is 2.44. The Kier molecular flexibility index (Phi) is 5.36. The molecule has 24 heavy (non-hydrogen) atoms. The van der Waals surface area contributed by atoms with Gasteiger partial charge in [-0.15, -0.1) is 0 Å². The molecule has 0 N–H and O–H groups in total. The van der Waals surface area contributed by atoms with Gasteiger partial charge in [0.05, 0.1) is 5.39 Å². The minimum absolute atomic E-state index is 0.0620. The third-order valence-corrected chi connectivity index (χ3v) is 5.25. The molecule has 0 fully saturated rings. The number of nitrogens with zero attached hydrogens (tertiary/aromatic N) is 3. The van der Waals surface area contributed by atoms with Crippen molar-refractivity contribution in [3.05, 3.63) is 33.6 Å². The first-order valence-electron chi connectivity index (χ1n) is 7.20. The van der Waals surface area contributed by atoms with Crippen LogP contribution in [0.25, 0.3) is 10.9 Å². The van der Waals surface area contributed by atoms with Gasteiger partial charge in [0.15, 0.2) is 5.15 Å². The highest BCUT2D eigenvalue weighted by molar-refractivity contribution is 6.76. The minimum atomic E-state index is -4.70. The molecule has 0 bridgehead atoms. The average molecular weight is 380 g/mol. The highest BCUT2D eigenvalue weighted by atomic mass is 35.5. The number of halogens is 4. The summed E-state index contributed by atoms with van der Waals surface area (Å²) in [7, 11) is -1.27. The van der Waals surface area contributed by atoms with Crippen LogP contribution in [-0.4, -0.2) is 29.2 Å². The second kappa shape index (κ2) is 6.81. The Morgan fingerprint density at radius 3 is 2.58 bits per heavy atom. The Balaban J connectivity index is 2.31. The van der Waals surface area contributed by atoms with Gasteiger partial charge in [0.25, 0.3) is 5.56 Å². The molecule has 2 heterocycles. The monoisotopic (exact) mass is 379 g/mol. The summed E-state index contributed by atoms with van der Waals surface area (Å²) < 4.78 is 45.0. The third kappa shape index (κ3) is 4.55. The first-order chi connectivity index (χ1) is 11.0. The van der Waals surface area contributed by atoms with Gasteiger partial charge in [0, 0.05) is 14.7 Å². The lowest BCUT2D eigenvalue weighted by molar-refractivity contribution is -0.141. The van der Waals surface area contributed by atoms with Gasteiger partial charge in [-0.25, -0.2) is 9.97 Å². The quantitative estimate of drug-likeness (QED) is 0.450. The third-order valence-electron chi connectivity index (χ3n) is 3.28. The molecule has 10 heteroatoms. The molecule has 0 spiro atoms. The van der Waals surface area contributed by atoms with Gasteiger partial charge in [-0.2, -0.15) is 13.2 Å². The molecule has 0 saturated heterocycles. The van der Waals surface area contributed by atoms with E-state index in [9.17, 15) is 18.0 Å². The summed E-state index contributed by atoms with van der Waals surface area (Å²) in [5, 5.41) is -0.692. The molecule has 2 rings (SSSR count). The van der Waals surface area contributed by atoms with Crippen LogP contribution < -0.4 is 5.56 Å². The van der Waals surface area contributed by atoms with Crippen LogP contribution in [0.4, 0.5) is 13.2 Å². The SMILES string of the molecule is C[Si](C)(C)CCOCn1cnc2c(Cl)nc(C(F)(F)F)cc2c1=O. The largest absolute Gasteiger partial charge is 0.433 e. The predicted octanol–water partition coefficient (Wildman–Crippen LogP) is 3.78. The van der Waals surface area contributed by atoms with Crippen molar-refractivity contribution in [3.8, 4) is 0 Å². The minimum Gasteiger partial charge on any atom is -0.361 e. The number of hydrogen-bond donors (Lipinski definition) is 0. The molecule has 2 aromatic heterocycles. The number of aromatic nitrogens is 3. The van der Waals surface area contributed by atoms with Crippen molar-refractivity contribution in [1.29, 1.82) is 0 Å². The van der Waals surface area contributed by atoms with Crippen molar-refractivity contribution < 1.29 is 17.9 Å². The number of ether oxygens (including phenoxy) is 1. The van der Waals surface area contributed by atoms with E-state index < -0.39 is 30.7 Å². The van der Waals surface area contributed by atoms with Crippen molar-refractivity contribution in [1.82, 2.24) is 14.5 Å². The molecule has 132 valence electrons. The number of alkyl halides is 3. The van der Waals surface area contributed by atoms with Crippen LogP contribution in [0.3, 0.4) is 0 Å². The van der Waals surface area contributed by atoms with E-state index in [1.165, 1.54) is 6.33 Å². The highest BCUT2D eigenvalue weighted by Gasteiger charge is 2.34. The molecule has 0 aliphatic heterocycles. The fraction of sp³-hybridized carbons (Fsp3) is 0.500. The van der Waals surface area contributed by atoms with Crippen LogP contribution in [0.2, 0.25) is 30.8 Å². The molecule has 0 amide bonds. The summed E-state index contributed by atoms with van der Waals surface area (Å²) in [4.78, 5) is 19.5. The van der Waals surface area contributed by atoms with E-state index in [-0.39, 0.29) is 17.6 Å². The number of pyridine rings is 1. The standard InChI is InChI=1S/C14H17ClF3N3O2Si/c1-24(2,3)5-4-23-8-21-7-19-11-9(13(21)22)6-10(14(16,17)18)20-12(11)15/h6-7H,4-5,8H2,1-3H3. The Bertz CT molecular complexity index is 803. The Morgan fingerprint density at radius 2 is 2.00 bits per heavy atom. The number of fused-ring (bicyclic) bond motifs is 1. The zero-order chi connectivity index (χ0) is 18.1. The smallest absolute Gasteiger partial charge is 0.361 e. The second-order valence-electron chi connectivity index (χ2n) is 6.56. The van der Waals surface area contributed by atoms with E-state index in [0.29, 0.717) is 12.7 Å². The fourth-order valence-corrected chi connectivity index (χ4v) is 2.90. The van der Waals surface area contributed by atoms with E-state index in [0.717, 1.165) is 10.6 Å². The Labute approximate surface area is 142 Å². The van der Waals surface area contributed by atoms with Crippen LogP contribution in [-0.2, 0) is 17.6 Å². The molecule has 0 radical (unpaired) electrons. The van der Waals surface area contributed by atoms with Gasteiger partial charge in [0.2, 0.25) is 0 Å². The van der Waals surface area contributed by atoms with E-state index in [4.69, 9.17) is 16.3 Å². The number of hydrogen-bond acceptors (Lipinski definition) is 4. The van der Waals surface area contributed by atoms with Crippen LogP contribution in [0, 0.1) is 0 Å². The van der Waals surface area contributed by atoms with Crippen molar-refractivity contribution >= 4 is 30.6 Å². The van der Waals surface area contributed by atoms with Crippen LogP contribution in [0.15, 0.2) is 17.2 Å². The van der Waals surface area contributed by atoms with E-state index in [1.54, 1.807) is 0 Å². The summed E-state index contributed by atoms with van der Waals surface area (Å²) in [5.74, 6) is 0. The lowest BCUT2D eigenvalue weighted by Crippen LogP contribution is -2.25. The van der Waals surface area contributed by atoms with Crippen molar-refractivity contribution in [2.75, 3.05) is 6.61 Å². The summed E-state index contributed by atoms with van der Waals surface area (Å²) in [6.07, 6.45) is -3.50. The lowest BCUT2D eigenvalue weighted by Gasteiger charge is -2.16. The zero-order valence-electron chi connectivity index (χ0n) is 13.4. The molecule has 0 aliphatic carbocycles. The van der Waals surface area contributed by atoms with Crippen LogP contribution >= 0.6 is 11.6 Å². The van der Waals surface area contributed by atoms with Gasteiger partial charge < -0.3 is 4.74 Å². The van der Waals surface area contributed by atoms with Gasteiger partial charge in [-0.3, -0.25) is 9.36 Å². The maximum absolute atomic E-state index is 12.8. The second-order valence-corrected chi connectivity index (χ2v) is 12.5. The Morgan fingerprint density at radius 1 is 1.33 bits per heavy atom. The maximum Gasteiger partial charge on any atom is 0.433 e. The van der Waals surface area contributed by atoms with Gasteiger partial charge in [-0.05, 0) is 12.1 Å². The summed E-state index contributed by atoms with van der Waals surface area (Å²) >= 11 is 5.72. The molecule has 5 nitrogen and oxygen atoms in total. The van der Waals surface area contributed by atoms with Gasteiger partial charge in [0.1, 0.15) is 24.3 Å². The van der Waals surface area contributed by atoms with Gasteiger partial charge >= 0.3 is 6.18 Å².